The van der Waals surface area contributed by atoms with Gasteiger partial charge in [-0.3, -0.25) is 9.59 Å². The Hall–Kier alpha value is -2.82. The van der Waals surface area contributed by atoms with Gasteiger partial charge in [0, 0.05) is 13.1 Å². The van der Waals surface area contributed by atoms with Gasteiger partial charge in [-0.15, -0.1) is 0 Å². The molecular weight excluding hydrogens is 340 g/mol. The lowest BCUT2D eigenvalue weighted by molar-refractivity contribution is -0.142. The Bertz CT molecular complexity index is 746. The quantitative estimate of drug-likeness (QED) is 0.739. The third-order valence-electron chi connectivity index (χ3n) is 4.44. The van der Waals surface area contributed by atoms with E-state index in [1.54, 1.807) is 17.0 Å². The summed E-state index contributed by atoms with van der Waals surface area (Å²) in [6.07, 6.45) is 0.536. The molecule has 2 rings (SSSR count). The van der Waals surface area contributed by atoms with Crippen molar-refractivity contribution < 1.29 is 14.3 Å². The van der Waals surface area contributed by atoms with E-state index in [1.165, 1.54) is 0 Å². The van der Waals surface area contributed by atoms with Crippen LogP contribution in [-0.4, -0.2) is 35.9 Å². The van der Waals surface area contributed by atoms with Crippen LogP contribution in [0.25, 0.3) is 0 Å². The first kappa shape index (κ1) is 20.5. The molecule has 0 saturated heterocycles. The molecule has 0 aliphatic rings. The fourth-order valence-electron chi connectivity index (χ4n) is 2.93. The number of nitrogens with zero attached hydrogens (tertiary/aromatic N) is 1. The maximum atomic E-state index is 13.0. The van der Waals surface area contributed by atoms with Gasteiger partial charge in [0.05, 0.1) is 0 Å². The molecule has 0 aliphatic carbocycles. The second-order valence-electron chi connectivity index (χ2n) is 6.37. The number of hydrogen-bond acceptors (Lipinski definition) is 3. The minimum atomic E-state index is -0.531. The van der Waals surface area contributed by atoms with Crippen molar-refractivity contribution in [2.45, 2.75) is 39.8 Å². The number of carbonyl (C=O) groups is 2. The summed E-state index contributed by atoms with van der Waals surface area (Å²) < 4.78 is 5.63. The topological polar surface area (TPSA) is 58.6 Å². The van der Waals surface area contributed by atoms with Crippen molar-refractivity contribution in [1.82, 2.24) is 10.2 Å². The molecule has 0 heterocycles. The van der Waals surface area contributed by atoms with Crippen molar-refractivity contribution in [2.24, 2.45) is 0 Å². The van der Waals surface area contributed by atoms with Crippen molar-refractivity contribution in [3.05, 3.63) is 65.7 Å². The van der Waals surface area contributed by atoms with Gasteiger partial charge in [0.15, 0.2) is 6.61 Å². The Kier molecular flexibility index (Phi) is 7.86. The SMILES string of the molecule is CCNC(=O)[C@@H](CC)N(Cc1ccccc1C)C(=O)COc1ccccc1. The van der Waals surface area contributed by atoms with Gasteiger partial charge in [0.2, 0.25) is 5.91 Å². The third kappa shape index (κ3) is 5.84. The number of amides is 2. The highest BCUT2D eigenvalue weighted by molar-refractivity contribution is 5.88. The molecule has 0 saturated carbocycles. The van der Waals surface area contributed by atoms with E-state index in [4.69, 9.17) is 4.74 Å². The third-order valence-corrected chi connectivity index (χ3v) is 4.44. The van der Waals surface area contributed by atoms with Crippen molar-refractivity contribution in [2.75, 3.05) is 13.2 Å². The Morgan fingerprint density at radius 3 is 2.33 bits per heavy atom. The van der Waals surface area contributed by atoms with Gasteiger partial charge in [0.25, 0.3) is 5.91 Å². The standard InChI is InChI=1S/C22H28N2O3/c1-4-20(22(26)23-5-2)24(15-18-12-10-9-11-17(18)3)21(25)16-27-19-13-7-6-8-14-19/h6-14,20H,4-5,15-16H2,1-3H3,(H,23,26)/t20-/m1/s1. The summed E-state index contributed by atoms with van der Waals surface area (Å²) in [5.41, 5.74) is 2.11. The molecule has 2 aromatic rings. The van der Waals surface area contributed by atoms with E-state index >= 15 is 0 Å². The van der Waals surface area contributed by atoms with E-state index in [1.807, 2.05) is 63.2 Å². The van der Waals surface area contributed by atoms with Crippen LogP contribution in [0.4, 0.5) is 0 Å². The van der Waals surface area contributed by atoms with Crippen LogP contribution in [0.1, 0.15) is 31.4 Å². The number of hydrogen-bond donors (Lipinski definition) is 1. The van der Waals surface area contributed by atoms with Crippen LogP contribution in [0, 0.1) is 6.92 Å². The number of aryl methyl sites for hydroxylation is 1. The monoisotopic (exact) mass is 368 g/mol. The molecule has 0 aromatic heterocycles. The first-order valence-electron chi connectivity index (χ1n) is 9.36. The summed E-state index contributed by atoms with van der Waals surface area (Å²) in [6, 6.07) is 16.6. The molecule has 27 heavy (non-hydrogen) atoms. The van der Waals surface area contributed by atoms with Crippen LogP contribution in [0.3, 0.4) is 0 Å². The number of rotatable bonds is 9. The average molecular weight is 368 g/mol. The molecule has 1 N–H and O–H groups in total. The van der Waals surface area contributed by atoms with Gasteiger partial charge in [-0.2, -0.15) is 0 Å². The fraction of sp³-hybridized carbons (Fsp3) is 0.364. The number of para-hydroxylation sites is 1. The van der Waals surface area contributed by atoms with Crippen molar-refractivity contribution >= 4 is 11.8 Å². The average Bonchev–Trinajstić information content (AvgIpc) is 2.68. The molecule has 2 aromatic carbocycles. The largest absolute Gasteiger partial charge is 0.484 e. The number of benzene rings is 2. The Morgan fingerprint density at radius 2 is 1.70 bits per heavy atom. The van der Waals surface area contributed by atoms with E-state index in [9.17, 15) is 9.59 Å². The van der Waals surface area contributed by atoms with Crippen molar-refractivity contribution in [3.8, 4) is 5.75 Å². The normalized spacial score (nSPS) is 11.5. The molecule has 0 fully saturated rings. The van der Waals surface area contributed by atoms with Gasteiger partial charge in [-0.1, -0.05) is 49.4 Å². The lowest BCUT2D eigenvalue weighted by atomic mass is 10.1. The second kappa shape index (κ2) is 10.4. The van der Waals surface area contributed by atoms with Crippen LogP contribution >= 0.6 is 0 Å². The summed E-state index contributed by atoms with van der Waals surface area (Å²) in [5.74, 6) is 0.287. The predicted molar refractivity (Wildman–Crippen MR) is 106 cm³/mol. The molecule has 0 spiro atoms. The van der Waals surface area contributed by atoms with E-state index in [2.05, 4.69) is 5.32 Å². The van der Waals surface area contributed by atoms with Crippen molar-refractivity contribution in [1.29, 1.82) is 0 Å². The van der Waals surface area contributed by atoms with E-state index in [0.717, 1.165) is 11.1 Å². The molecule has 5 nitrogen and oxygen atoms in total. The van der Waals surface area contributed by atoms with Gasteiger partial charge in [-0.25, -0.2) is 0 Å². The van der Waals surface area contributed by atoms with Gasteiger partial charge in [-0.05, 0) is 43.5 Å². The van der Waals surface area contributed by atoms with Crippen LogP contribution in [0.2, 0.25) is 0 Å². The lowest BCUT2D eigenvalue weighted by Gasteiger charge is -2.31. The Balaban J connectivity index is 2.20. The molecule has 144 valence electrons. The van der Waals surface area contributed by atoms with E-state index in [0.29, 0.717) is 25.3 Å². The van der Waals surface area contributed by atoms with Gasteiger partial charge >= 0.3 is 0 Å². The zero-order chi connectivity index (χ0) is 19.6. The molecule has 2 amide bonds. The molecule has 1 atom stereocenters. The summed E-state index contributed by atoms with van der Waals surface area (Å²) in [6.45, 7) is 6.59. The van der Waals surface area contributed by atoms with Gasteiger partial charge in [0.1, 0.15) is 11.8 Å². The maximum Gasteiger partial charge on any atom is 0.261 e. The molecule has 5 heteroatoms. The first-order valence-corrected chi connectivity index (χ1v) is 9.36. The second-order valence-corrected chi connectivity index (χ2v) is 6.37. The van der Waals surface area contributed by atoms with Crippen LogP contribution in [0.15, 0.2) is 54.6 Å². The van der Waals surface area contributed by atoms with Crippen LogP contribution in [0.5, 0.6) is 5.75 Å². The maximum absolute atomic E-state index is 13.0. The van der Waals surface area contributed by atoms with Crippen LogP contribution in [-0.2, 0) is 16.1 Å². The zero-order valence-corrected chi connectivity index (χ0v) is 16.3. The molecule has 0 bridgehead atoms. The highest BCUT2D eigenvalue weighted by atomic mass is 16.5. The Labute approximate surface area is 161 Å². The number of likely N-dealkylation sites (N-methyl/N-ethyl adjacent to an activating group) is 1. The predicted octanol–water partition coefficient (Wildman–Crippen LogP) is 3.32. The highest BCUT2D eigenvalue weighted by Crippen LogP contribution is 2.16. The van der Waals surface area contributed by atoms with Crippen molar-refractivity contribution in [3.63, 3.8) is 0 Å². The summed E-state index contributed by atoms with van der Waals surface area (Å²) in [5, 5.41) is 2.83. The fourth-order valence-corrected chi connectivity index (χ4v) is 2.93. The summed E-state index contributed by atoms with van der Waals surface area (Å²) in [4.78, 5) is 27.1. The van der Waals surface area contributed by atoms with Crippen LogP contribution < -0.4 is 10.1 Å². The molecular formula is C22H28N2O3. The lowest BCUT2D eigenvalue weighted by Crippen LogP contribution is -2.50. The number of nitrogens with one attached hydrogen (secondary N) is 1. The van der Waals surface area contributed by atoms with E-state index in [-0.39, 0.29) is 18.4 Å². The Morgan fingerprint density at radius 1 is 1.04 bits per heavy atom. The summed E-state index contributed by atoms with van der Waals surface area (Å²) in [7, 11) is 0. The number of ether oxygens (including phenoxy) is 1. The minimum absolute atomic E-state index is 0.105. The minimum Gasteiger partial charge on any atom is -0.484 e. The molecule has 0 aliphatic heterocycles. The molecule has 0 radical (unpaired) electrons. The number of carbonyl (C=O) groups excluding carboxylic acids is 2. The summed E-state index contributed by atoms with van der Waals surface area (Å²) >= 11 is 0. The smallest absolute Gasteiger partial charge is 0.261 e. The van der Waals surface area contributed by atoms with E-state index < -0.39 is 6.04 Å². The zero-order valence-electron chi connectivity index (χ0n) is 16.3. The highest BCUT2D eigenvalue weighted by Gasteiger charge is 2.28. The first-order chi connectivity index (χ1) is 13.1. The van der Waals surface area contributed by atoms with Gasteiger partial charge < -0.3 is 15.0 Å². The molecule has 0 unspecified atom stereocenters.